The third-order valence-corrected chi connectivity index (χ3v) is 5.58. The van der Waals surface area contributed by atoms with Crippen LogP contribution in [-0.4, -0.2) is 30.1 Å². The van der Waals surface area contributed by atoms with Crippen LogP contribution in [0.4, 0.5) is 13.2 Å². The van der Waals surface area contributed by atoms with Crippen LogP contribution in [0, 0.1) is 5.82 Å². The monoisotopic (exact) mass is 408 g/mol. The summed E-state index contributed by atoms with van der Waals surface area (Å²) in [4.78, 5) is 0.488. The van der Waals surface area contributed by atoms with Gasteiger partial charge in [-0.05, 0) is 12.1 Å². The van der Waals surface area contributed by atoms with Crippen LogP contribution in [0.3, 0.4) is 0 Å². The van der Waals surface area contributed by atoms with Crippen molar-refractivity contribution in [1.82, 2.24) is 20.0 Å². The molecule has 0 amide bonds. The minimum Gasteiger partial charge on any atom is -0.355 e. The maximum Gasteiger partial charge on any atom is 0.291 e. The molecule has 0 unspecified atom stereocenters. The van der Waals surface area contributed by atoms with Crippen LogP contribution < -0.4 is 0 Å². The number of hydrogen-bond acceptors (Lipinski definition) is 4. The fourth-order valence-corrected chi connectivity index (χ4v) is 4.02. The number of aliphatic hydroxyl groups is 1. The van der Waals surface area contributed by atoms with E-state index in [4.69, 9.17) is 0 Å². The number of rotatable bonds is 4. The molecule has 138 valence electrons. The van der Waals surface area contributed by atoms with Crippen molar-refractivity contribution in [3.05, 3.63) is 65.0 Å². The predicted molar refractivity (Wildman–Crippen MR) is 99.9 cm³/mol. The van der Waals surface area contributed by atoms with Crippen LogP contribution in [0.2, 0.25) is 0 Å². The molecule has 0 aliphatic rings. The van der Waals surface area contributed by atoms with Gasteiger partial charge in [0.2, 0.25) is 5.13 Å². The Bertz CT molecular complexity index is 1140. The van der Waals surface area contributed by atoms with Gasteiger partial charge in [-0.1, -0.05) is 41.7 Å². The number of alkyl halides is 2. The highest BCUT2D eigenvalue weighted by Crippen LogP contribution is 2.29. The molecule has 1 N–H and O–H groups in total. The molecule has 4 aromatic rings. The van der Waals surface area contributed by atoms with E-state index in [1.165, 1.54) is 16.9 Å². The van der Waals surface area contributed by atoms with Gasteiger partial charge >= 0.3 is 0 Å². The van der Waals surface area contributed by atoms with E-state index in [0.717, 1.165) is 0 Å². The Morgan fingerprint density at radius 3 is 2.63 bits per heavy atom. The lowest BCUT2D eigenvalue weighted by Gasteiger charge is -2.03. The molecule has 0 saturated heterocycles. The number of aromatic nitrogens is 4. The topological polar surface area (TPSA) is 63.8 Å². The molecule has 2 aromatic carbocycles. The second kappa shape index (κ2) is 7.22. The molecule has 0 aliphatic heterocycles. The molecule has 0 spiro atoms. The largest absolute Gasteiger partial charge is 0.355 e. The van der Waals surface area contributed by atoms with Gasteiger partial charge in [0, 0.05) is 10.5 Å². The van der Waals surface area contributed by atoms with Crippen LogP contribution in [0.15, 0.2) is 53.6 Å². The second-order valence-corrected chi connectivity index (χ2v) is 7.59. The first-order valence-electron chi connectivity index (χ1n) is 7.65. The molecular weight excluding hydrogens is 397 g/mol. The molecule has 0 saturated carbocycles. The van der Waals surface area contributed by atoms with Crippen molar-refractivity contribution < 1.29 is 18.3 Å². The Labute approximate surface area is 158 Å². The van der Waals surface area contributed by atoms with E-state index >= 15 is 0 Å². The third kappa shape index (κ3) is 3.51. The van der Waals surface area contributed by atoms with Gasteiger partial charge < -0.3 is 5.11 Å². The molecule has 2 heterocycles. The number of thiol groups is 1. The summed E-state index contributed by atoms with van der Waals surface area (Å²) in [7, 11) is 0. The Balaban J connectivity index is 1.80. The number of hydrogen-bond donors (Lipinski definition) is 2. The fraction of sp³-hybridized carbons (Fsp3) is 0.0588. The summed E-state index contributed by atoms with van der Waals surface area (Å²) in [6.07, 6.45) is -1.43. The first kappa shape index (κ1) is 17.8. The first-order valence-corrected chi connectivity index (χ1v) is 9.36. The van der Waals surface area contributed by atoms with Crippen LogP contribution in [0.5, 0.6) is 0 Å². The van der Waals surface area contributed by atoms with Crippen LogP contribution in [-0.2, 0) is 0 Å². The SMILES string of the molecule is OC(=[SH]c1cc(F)c2cnn(-c3nnc(C(F)F)s3)c2c1)c1ccccc1. The minimum absolute atomic E-state index is 0.0660. The molecule has 0 bridgehead atoms. The summed E-state index contributed by atoms with van der Waals surface area (Å²) in [6, 6.07) is 11.8. The van der Waals surface area contributed by atoms with Gasteiger partial charge in [-0.3, -0.25) is 0 Å². The van der Waals surface area contributed by atoms with Gasteiger partial charge in [0.15, 0.2) is 5.01 Å². The maximum atomic E-state index is 14.5. The Hall–Kier alpha value is -2.56. The third-order valence-electron chi connectivity index (χ3n) is 3.69. The molecule has 10 heteroatoms. The smallest absolute Gasteiger partial charge is 0.291 e. The van der Waals surface area contributed by atoms with Crippen molar-refractivity contribution in [1.29, 1.82) is 0 Å². The van der Waals surface area contributed by atoms with Crippen molar-refractivity contribution in [3.63, 3.8) is 0 Å². The molecule has 0 atom stereocenters. The van der Waals surface area contributed by atoms with E-state index < -0.39 is 17.3 Å². The predicted octanol–water partition coefficient (Wildman–Crippen LogP) is 4.51. The molecule has 0 aliphatic carbocycles. The maximum absolute atomic E-state index is 14.5. The van der Waals surface area contributed by atoms with Gasteiger partial charge in [0.05, 0.1) is 17.1 Å². The summed E-state index contributed by atoms with van der Waals surface area (Å²) in [5, 5.41) is 21.4. The summed E-state index contributed by atoms with van der Waals surface area (Å²) in [6.45, 7) is 0. The van der Waals surface area contributed by atoms with Gasteiger partial charge in [-0.2, -0.15) is 5.10 Å². The van der Waals surface area contributed by atoms with E-state index in [1.54, 1.807) is 30.3 Å². The van der Waals surface area contributed by atoms with Crippen molar-refractivity contribution >= 4 is 38.6 Å². The van der Waals surface area contributed by atoms with Gasteiger partial charge in [0.25, 0.3) is 6.43 Å². The Kier molecular flexibility index (Phi) is 4.77. The lowest BCUT2D eigenvalue weighted by atomic mass is 10.2. The molecule has 4 rings (SSSR count). The molecule has 0 radical (unpaired) electrons. The lowest BCUT2D eigenvalue weighted by molar-refractivity contribution is 0.150. The van der Waals surface area contributed by atoms with Crippen LogP contribution in [0.1, 0.15) is 17.0 Å². The highest BCUT2D eigenvalue weighted by Gasteiger charge is 2.18. The zero-order valence-corrected chi connectivity index (χ0v) is 15.1. The van der Waals surface area contributed by atoms with Gasteiger partial charge in [-0.15, -0.1) is 21.5 Å². The average molecular weight is 408 g/mol. The first-order chi connectivity index (χ1) is 13.0. The van der Waals surface area contributed by atoms with Crippen molar-refractivity contribution in [3.8, 4) is 5.13 Å². The van der Waals surface area contributed by atoms with Crippen LogP contribution >= 0.6 is 22.7 Å². The zero-order chi connectivity index (χ0) is 19.0. The van der Waals surface area contributed by atoms with E-state index in [-0.39, 0.29) is 15.6 Å². The molecular formula is C17H11F3N4OS2. The molecule has 0 fully saturated rings. The number of benzene rings is 2. The molecule has 5 nitrogen and oxygen atoms in total. The number of fused-ring (bicyclic) bond motifs is 1. The number of aliphatic hydroxyl groups excluding tert-OH is 1. The zero-order valence-electron chi connectivity index (χ0n) is 13.4. The lowest BCUT2D eigenvalue weighted by Crippen LogP contribution is -1.97. The summed E-state index contributed by atoms with van der Waals surface area (Å²) >= 11 is 1.09. The van der Waals surface area contributed by atoms with Crippen molar-refractivity contribution in [2.75, 3.05) is 0 Å². The van der Waals surface area contributed by atoms with Crippen molar-refractivity contribution in [2.45, 2.75) is 11.3 Å². The van der Waals surface area contributed by atoms with Gasteiger partial charge in [0.1, 0.15) is 10.9 Å². The summed E-state index contributed by atoms with van der Waals surface area (Å²) in [5.74, 6) is -0.527. The van der Waals surface area contributed by atoms with E-state index in [9.17, 15) is 18.3 Å². The average Bonchev–Trinajstić information content (AvgIpc) is 3.29. The number of halogens is 3. The van der Waals surface area contributed by atoms with E-state index in [2.05, 4.69) is 15.3 Å². The highest BCUT2D eigenvalue weighted by molar-refractivity contribution is 7.98. The quantitative estimate of drug-likeness (QED) is 0.385. The van der Waals surface area contributed by atoms with E-state index in [1.807, 2.05) is 6.07 Å². The van der Waals surface area contributed by atoms with Crippen LogP contribution in [0.25, 0.3) is 16.0 Å². The Morgan fingerprint density at radius 1 is 1.15 bits per heavy atom. The summed E-state index contributed by atoms with van der Waals surface area (Å²) < 4.78 is 41.2. The summed E-state index contributed by atoms with van der Waals surface area (Å²) in [5.41, 5.74) is 0.981. The van der Waals surface area contributed by atoms with Gasteiger partial charge in [-0.25, -0.2) is 17.9 Å². The number of nitrogens with zero attached hydrogens (tertiary/aromatic N) is 4. The second-order valence-electron chi connectivity index (χ2n) is 5.44. The molecule has 27 heavy (non-hydrogen) atoms. The standard InChI is InChI=1S/C17H11F3N4OS2/c18-12-6-10(26-16(25)9-4-2-1-3-5-9)7-13-11(12)8-21-24(13)17-23-22-15(27-17)14(19)20/h1-8,14,25-26H. The fourth-order valence-electron chi connectivity index (χ4n) is 2.46. The highest BCUT2D eigenvalue weighted by atomic mass is 32.1. The van der Waals surface area contributed by atoms with E-state index in [0.29, 0.717) is 38.7 Å². The Morgan fingerprint density at radius 2 is 1.93 bits per heavy atom. The van der Waals surface area contributed by atoms with Crippen molar-refractivity contribution in [2.24, 2.45) is 0 Å². The molecule has 2 aromatic heterocycles. The normalized spacial score (nSPS) is 12.6. The minimum atomic E-state index is -2.73.